The van der Waals surface area contributed by atoms with Crippen LogP contribution in [-0.2, 0) is 0 Å². The van der Waals surface area contributed by atoms with Gasteiger partial charge in [0.25, 0.3) is 0 Å². The lowest BCUT2D eigenvalue weighted by atomic mass is 9.96. The number of anilines is 3. The Kier molecular flexibility index (Phi) is 6.55. The van der Waals surface area contributed by atoms with E-state index >= 15 is 0 Å². The molecule has 2 heterocycles. The van der Waals surface area contributed by atoms with E-state index in [2.05, 4.69) is 169 Å². The fourth-order valence-electron chi connectivity index (χ4n) is 8.19. The van der Waals surface area contributed by atoms with E-state index in [1.165, 1.54) is 21.9 Å². The highest BCUT2D eigenvalue weighted by atomic mass is 16.3. The number of rotatable bonds is 5. The van der Waals surface area contributed by atoms with E-state index in [0.29, 0.717) is 0 Å². The molecule has 2 aromatic heterocycles. The van der Waals surface area contributed by atoms with Crippen LogP contribution in [0.2, 0.25) is 0 Å². The summed E-state index contributed by atoms with van der Waals surface area (Å²) >= 11 is 0. The second kappa shape index (κ2) is 11.7. The van der Waals surface area contributed by atoms with Gasteiger partial charge in [0, 0.05) is 38.3 Å². The molecule has 3 nitrogen and oxygen atoms in total. The monoisotopic (exact) mass is 677 g/mol. The van der Waals surface area contributed by atoms with Crippen molar-refractivity contribution in [2.24, 2.45) is 0 Å². The lowest BCUT2D eigenvalue weighted by Gasteiger charge is -2.26. The van der Waals surface area contributed by atoms with E-state index < -0.39 is 0 Å². The molecule has 248 valence electrons. The predicted octanol–water partition coefficient (Wildman–Crippen LogP) is 14.6. The van der Waals surface area contributed by atoms with Crippen LogP contribution in [-0.4, -0.2) is 0 Å². The molecule has 3 heteroatoms. The Morgan fingerprint density at radius 2 is 0.830 bits per heavy atom. The highest BCUT2D eigenvalue weighted by molar-refractivity contribution is 6.19. The lowest BCUT2D eigenvalue weighted by Crippen LogP contribution is -2.10. The zero-order valence-electron chi connectivity index (χ0n) is 28.7. The van der Waals surface area contributed by atoms with Crippen LogP contribution >= 0.6 is 0 Å². The molecule has 0 unspecified atom stereocenters. The average Bonchev–Trinajstić information content (AvgIpc) is 3.80. The van der Waals surface area contributed by atoms with E-state index in [9.17, 15) is 0 Å². The molecule has 11 aromatic rings. The number of fused-ring (bicyclic) bond motifs is 9. The molecule has 0 aliphatic rings. The zero-order chi connectivity index (χ0) is 34.9. The molecular formula is C50H31NO2. The Hall–Kier alpha value is -7.10. The van der Waals surface area contributed by atoms with Crippen molar-refractivity contribution in [1.29, 1.82) is 0 Å². The van der Waals surface area contributed by atoms with Gasteiger partial charge in [-0.25, -0.2) is 0 Å². The molecule has 0 aliphatic heterocycles. The summed E-state index contributed by atoms with van der Waals surface area (Å²) < 4.78 is 13.1. The molecule has 0 amide bonds. The summed E-state index contributed by atoms with van der Waals surface area (Å²) in [6.07, 6.45) is 0. The van der Waals surface area contributed by atoms with Gasteiger partial charge in [0.15, 0.2) is 5.58 Å². The number of hydrogen-bond donors (Lipinski definition) is 0. The first kappa shape index (κ1) is 29.6. The van der Waals surface area contributed by atoms with Crippen LogP contribution in [0.5, 0.6) is 0 Å². The van der Waals surface area contributed by atoms with E-state index in [0.717, 1.165) is 82.8 Å². The van der Waals surface area contributed by atoms with Crippen molar-refractivity contribution < 1.29 is 8.83 Å². The van der Waals surface area contributed by atoms with Crippen molar-refractivity contribution in [3.63, 3.8) is 0 Å². The van der Waals surface area contributed by atoms with Gasteiger partial charge < -0.3 is 13.7 Å². The first-order chi connectivity index (χ1) is 26.3. The highest BCUT2D eigenvalue weighted by Gasteiger charge is 2.20. The number of hydrogen-bond acceptors (Lipinski definition) is 3. The first-order valence-electron chi connectivity index (χ1n) is 18.0. The van der Waals surface area contributed by atoms with Gasteiger partial charge in [-0.05, 0) is 86.9 Å². The second-order valence-electron chi connectivity index (χ2n) is 13.7. The molecule has 0 aliphatic carbocycles. The van der Waals surface area contributed by atoms with Crippen LogP contribution in [0.1, 0.15) is 0 Å². The maximum atomic E-state index is 6.60. The van der Waals surface area contributed by atoms with Gasteiger partial charge in [-0.3, -0.25) is 0 Å². The van der Waals surface area contributed by atoms with E-state index in [4.69, 9.17) is 8.83 Å². The third-order valence-electron chi connectivity index (χ3n) is 10.7. The van der Waals surface area contributed by atoms with Crippen LogP contribution in [0.25, 0.3) is 87.7 Å². The molecular weight excluding hydrogens is 647 g/mol. The van der Waals surface area contributed by atoms with Crippen molar-refractivity contribution in [3.05, 3.63) is 188 Å². The molecule has 0 N–H and O–H groups in total. The molecule has 0 fully saturated rings. The van der Waals surface area contributed by atoms with Gasteiger partial charge in [0.05, 0.1) is 5.69 Å². The van der Waals surface area contributed by atoms with Gasteiger partial charge in [-0.15, -0.1) is 0 Å². The third-order valence-corrected chi connectivity index (χ3v) is 10.7. The maximum absolute atomic E-state index is 6.60. The standard InChI is InChI=1S/C50H31NO2/c1-2-13-38-32(10-1)11-7-16-39(38)33-22-27-36(28-23-33)51(45-19-9-18-43-41-14-3-5-20-46(41)52-49(43)45)37-29-24-34(25-30-37)40-17-8-12-35-26-31-44-42-15-4-6-21-47(42)53-50(44)48(35)40/h1-31H. The Morgan fingerprint density at radius 1 is 0.321 bits per heavy atom. The van der Waals surface area contributed by atoms with Crippen LogP contribution < -0.4 is 4.90 Å². The SMILES string of the molecule is c1ccc2c(-c3ccc(N(c4ccc(-c5cccc6ccc7c8ccccc8oc7c56)cc4)c4cccc5c4oc4ccccc45)cc3)cccc2c1. The molecule has 0 bridgehead atoms. The largest absolute Gasteiger partial charge is 0.455 e. The smallest absolute Gasteiger partial charge is 0.159 e. The zero-order valence-corrected chi connectivity index (χ0v) is 28.7. The minimum atomic E-state index is 0.859. The Labute approximate surface area is 305 Å². The first-order valence-corrected chi connectivity index (χ1v) is 18.0. The van der Waals surface area contributed by atoms with Gasteiger partial charge in [-0.1, -0.05) is 140 Å². The fourth-order valence-corrected chi connectivity index (χ4v) is 8.19. The van der Waals surface area contributed by atoms with Crippen LogP contribution in [0.15, 0.2) is 197 Å². The van der Waals surface area contributed by atoms with Crippen molar-refractivity contribution in [2.75, 3.05) is 4.90 Å². The van der Waals surface area contributed by atoms with E-state index in [-0.39, 0.29) is 0 Å². The van der Waals surface area contributed by atoms with Crippen LogP contribution in [0.3, 0.4) is 0 Å². The summed E-state index contributed by atoms with van der Waals surface area (Å²) in [5.74, 6) is 0. The third kappa shape index (κ3) is 4.68. The van der Waals surface area contributed by atoms with E-state index in [1.54, 1.807) is 0 Å². The summed E-state index contributed by atoms with van der Waals surface area (Å²) in [6, 6.07) is 66.7. The Bertz CT molecular complexity index is 3160. The second-order valence-corrected chi connectivity index (χ2v) is 13.7. The molecule has 9 aromatic carbocycles. The molecule has 0 saturated heterocycles. The molecule has 0 atom stereocenters. The molecule has 0 spiro atoms. The summed E-state index contributed by atoms with van der Waals surface area (Å²) in [5, 5.41) is 9.24. The van der Waals surface area contributed by atoms with E-state index in [1.807, 2.05) is 24.3 Å². The van der Waals surface area contributed by atoms with Gasteiger partial charge in [0.1, 0.15) is 16.7 Å². The Balaban J connectivity index is 1.07. The molecule has 53 heavy (non-hydrogen) atoms. The van der Waals surface area contributed by atoms with Crippen molar-refractivity contribution in [1.82, 2.24) is 0 Å². The van der Waals surface area contributed by atoms with Crippen molar-refractivity contribution in [2.45, 2.75) is 0 Å². The lowest BCUT2D eigenvalue weighted by molar-refractivity contribution is 0.669. The van der Waals surface area contributed by atoms with Crippen molar-refractivity contribution in [3.8, 4) is 22.3 Å². The van der Waals surface area contributed by atoms with Crippen molar-refractivity contribution >= 4 is 82.5 Å². The summed E-state index contributed by atoms with van der Waals surface area (Å²) in [5.41, 5.74) is 11.3. The average molecular weight is 678 g/mol. The molecule has 0 saturated carbocycles. The van der Waals surface area contributed by atoms with Gasteiger partial charge >= 0.3 is 0 Å². The van der Waals surface area contributed by atoms with Gasteiger partial charge in [0.2, 0.25) is 0 Å². The normalized spacial score (nSPS) is 11.8. The minimum Gasteiger partial charge on any atom is -0.455 e. The quantitative estimate of drug-likeness (QED) is 0.182. The number of furan rings is 2. The summed E-state index contributed by atoms with van der Waals surface area (Å²) in [4.78, 5) is 2.31. The molecule has 11 rings (SSSR count). The topological polar surface area (TPSA) is 29.5 Å². The fraction of sp³-hybridized carbons (Fsp3) is 0. The summed E-state index contributed by atoms with van der Waals surface area (Å²) in [6.45, 7) is 0. The van der Waals surface area contributed by atoms with Crippen LogP contribution in [0.4, 0.5) is 17.1 Å². The summed E-state index contributed by atoms with van der Waals surface area (Å²) in [7, 11) is 0. The Morgan fingerprint density at radius 3 is 1.55 bits per heavy atom. The molecule has 0 radical (unpaired) electrons. The number of benzene rings is 9. The highest BCUT2D eigenvalue weighted by Crippen LogP contribution is 2.44. The number of nitrogens with zero attached hydrogens (tertiary/aromatic N) is 1. The van der Waals surface area contributed by atoms with Gasteiger partial charge in [-0.2, -0.15) is 0 Å². The number of para-hydroxylation sites is 3. The van der Waals surface area contributed by atoms with Crippen LogP contribution in [0, 0.1) is 0 Å². The minimum absolute atomic E-state index is 0.859. The maximum Gasteiger partial charge on any atom is 0.159 e. The predicted molar refractivity (Wildman–Crippen MR) is 222 cm³/mol.